The zero-order valence-electron chi connectivity index (χ0n) is 21.7. The molecule has 1 fully saturated rings. The number of carbonyl (C=O) groups is 2. The number of hydrogen-bond acceptors (Lipinski definition) is 5. The van der Waals surface area contributed by atoms with E-state index in [1.165, 1.54) is 0 Å². The lowest BCUT2D eigenvalue weighted by Gasteiger charge is -2.37. The highest BCUT2D eigenvalue weighted by Crippen LogP contribution is 2.40. The highest BCUT2D eigenvalue weighted by molar-refractivity contribution is 6.03. The fourth-order valence-electron chi connectivity index (χ4n) is 5.31. The van der Waals surface area contributed by atoms with Gasteiger partial charge in [-0.1, -0.05) is 31.0 Å². The number of piperidine rings is 1. The van der Waals surface area contributed by atoms with E-state index < -0.39 is 5.91 Å². The van der Waals surface area contributed by atoms with Crippen molar-refractivity contribution in [2.75, 3.05) is 25.0 Å². The molecule has 2 aromatic carbocycles. The molecule has 38 heavy (non-hydrogen) atoms. The highest BCUT2D eigenvalue weighted by Gasteiger charge is 2.35. The van der Waals surface area contributed by atoms with E-state index in [-0.39, 0.29) is 11.9 Å². The minimum Gasteiger partial charge on any atom is -0.457 e. The zero-order valence-corrected chi connectivity index (χ0v) is 21.7. The number of amides is 2. The van der Waals surface area contributed by atoms with E-state index in [0.717, 1.165) is 50.0 Å². The Labute approximate surface area is 223 Å². The van der Waals surface area contributed by atoms with E-state index in [2.05, 4.69) is 24.1 Å². The second-order valence-electron chi connectivity index (χ2n) is 9.78. The second kappa shape index (κ2) is 11.4. The minimum absolute atomic E-state index is 0.0834. The Morgan fingerprint density at radius 2 is 1.76 bits per heavy atom. The van der Waals surface area contributed by atoms with Crippen molar-refractivity contribution in [1.82, 2.24) is 14.7 Å². The van der Waals surface area contributed by atoms with Crippen LogP contribution in [0, 0.1) is 17.8 Å². The number of carbonyl (C=O) groups excluding carboxylic acids is 2. The van der Waals surface area contributed by atoms with Gasteiger partial charge in [-0.15, -0.1) is 0 Å². The van der Waals surface area contributed by atoms with E-state index in [4.69, 9.17) is 15.6 Å². The molecule has 5 rings (SSSR count). The number of likely N-dealkylation sites (tertiary alicyclic amines) is 1. The van der Waals surface area contributed by atoms with Crippen molar-refractivity contribution in [2.45, 2.75) is 45.1 Å². The average Bonchev–Trinajstić information content (AvgIpc) is 3.34. The summed E-state index contributed by atoms with van der Waals surface area (Å²) in [5, 5.41) is 8.29. The standard InChI is InChI=1S/C30H33N5O3/c1-2-3-5-10-26(36)34-19-16-21(17-20-34)25-15-18-32-30-27(29(31)37)28(33-35(25)30)22-11-13-24(14-12-22)38-23-8-6-4-7-9-23/h4,6-9,11-14,21,25,32H,2-3,15-20H2,1H3,(H2,31,37). The van der Waals surface area contributed by atoms with Crippen LogP contribution in [0.4, 0.5) is 5.82 Å². The fraction of sp³-hybridized carbons (Fsp3) is 0.367. The number of nitrogens with two attached hydrogens (primary N) is 1. The molecule has 1 saturated heterocycles. The number of benzene rings is 2. The Morgan fingerprint density at radius 1 is 1.05 bits per heavy atom. The molecule has 0 bridgehead atoms. The minimum atomic E-state index is -0.509. The third kappa shape index (κ3) is 5.37. The topological polar surface area (TPSA) is 102 Å². The van der Waals surface area contributed by atoms with Crippen LogP contribution in [0.1, 0.15) is 55.4 Å². The highest BCUT2D eigenvalue weighted by atomic mass is 16.5. The van der Waals surface area contributed by atoms with Crippen molar-refractivity contribution < 1.29 is 14.3 Å². The number of anilines is 1. The molecule has 2 amide bonds. The quantitative estimate of drug-likeness (QED) is 0.461. The van der Waals surface area contributed by atoms with Crippen LogP contribution in [0.2, 0.25) is 0 Å². The number of para-hydroxylation sites is 1. The normalized spacial score (nSPS) is 17.1. The number of ether oxygens (including phenoxy) is 1. The smallest absolute Gasteiger partial charge is 0.298 e. The van der Waals surface area contributed by atoms with Gasteiger partial charge in [0.15, 0.2) is 0 Å². The van der Waals surface area contributed by atoms with Gasteiger partial charge in [0, 0.05) is 31.6 Å². The lowest BCUT2D eigenvalue weighted by Crippen LogP contribution is -2.41. The molecule has 3 heterocycles. The van der Waals surface area contributed by atoms with E-state index in [1.54, 1.807) is 0 Å². The van der Waals surface area contributed by atoms with E-state index in [9.17, 15) is 9.59 Å². The van der Waals surface area contributed by atoms with Crippen LogP contribution in [-0.4, -0.2) is 46.1 Å². The fourth-order valence-corrected chi connectivity index (χ4v) is 5.31. The molecular weight excluding hydrogens is 478 g/mol. The molecule has 0 aliphatic carbocycles. The number of fused-ring (bicyclic) bond motifs is 1. The maximum atomic E-state index is 12.6. The first-order chi connectivity index (χ1) is 18.5. The van der Waals surface area contributed by atoms with Gasteiger partial charge in [-0.2, -0.15) is 5.10 Å². The molecule has 0 spiro atoms. The molecule has 0 radical (unpaired) electrons. The first-order valence-electron chi connectivity index (χ1n) is 13.3. The largest absolute Gasteiger partial charge is 0.457 e. The summed E-state index contributed by atoms with van der Waals surface area (Å²) in [6, 6.07) is 17.2. The summed E-state index contributed by atoms with van der Waals surface area (Å²) in [6.07, 6.45) is 4.33. The molecule has 2 aliphatic rings. The number of unbranched alkanes of at least 4 members (excludes halogenated alkanes) is 1. The van der Waals surface area contributed by atoms with Gasteiger partial charge in [0.1, 0.15) is 28.6 Å². The second-order valence-corrected chi connectivity index (χ2v) is 9.78. The van der Waals surface area contributed by atoms with Crippen LogP contribution in [0.3, 0.4) is 0 Å². The van der Waals surface area contributed by atoms with Crippen LogP contribution in [0.25, 0.3) is 11.3 Å². The third-order valence-electron chi connectivity index (χ3n) is 7.25. The molecule has 3 aromatic rings. The van der Waals surface area contributed by atoms with Gasteiger partial charge in [-0.25, -0.2) is 4.68 Å². The predicted molar refractivity (Wildman–Crippen MR) is 147 cm³/mol. The lowest BCUT2D eigenvalue weighted by molar-refractivity contribution is -0.126. The summed E-state index contributed by atoms with van der Waals surface area (Å²) in [7, 11) is 0. The Hall–Kier alpha value is -4.25. The number of hydrogen-bond donors (Lipinski definition) is 2. The van der Waals surface area contributed by atoms with Crippen LogP contribution in [0.5, 0.6) is 11.5 Å². The van der Waals surface area contributed by atoms with E-state index in [1.807, 2.05) is 64.2 Å². The van der Waals surface area contributed by atoms with Gasteiger partial charge in [-0.05, 0) is 73.9 Å². The summed E-state index contributed by atoms with van der Waals surface area (Å²) in [4.78, 5) is 26.9. The monoisotopic (exact) mass is 511 g/mol. The van der Waals surface area contributed by atoms with Gasteiger partial charge in [0.05, 0.1) is 6.04 Å². The predicted octanol–water partition coefficient (Wildman–Crippen LogP) is 4.84. The number of nitrogens with one attached hydrogen (secondary N) is 1. The van der Waals surface area contributed by atoms with Gasteiger partial charge in [0.25, 0.3) is 11.8 Å². The Morgan fingerprint density at radius 3 is 2.45 bits per heavy atom. The summed E-state index contributed by atoms with van der Waals surface area (Å²) in [6.45, 7) is 4.16. The van der Waals surface area contributed by atoms with Crippen molar-refractivity contribution in [2.24, 2.45) is 11.7 Å². The van der Waals surface area contributed by atoms with E-state index in [0.29, 0.717) is 41.8 Å². The summed E-state index contributed by atoms with van der Waals surface area (Å²) >= 11 is 0. The first kappa shape index (κ1) is 25.4. The summed E-state index contributed by atoms with van der Waals surface area (Å²) < 4.78 is 7.87. The molecule has 1 aromatic heterocycles. The third-order valence-corrected chi connectivity index (χ3v) is 7.25. The maximum absolute atomic E-state index is 12.6. The molecule has 0 saturated carbocycles. The van der Waals surface area contributed by atoms with Gasteiger partial charge in [-0.3, -0.25) is 9.59 Å². The number of rotatable bonds is 6. The van der Waals surface area contributed by atoms with Crippen molar-refractivity contribution >= 4 is 17.6 Å². The number of nitrogens with zero attached hydrogens (tertiary/aromatic N) is 3. The van der Waals surface area contributed by atoms with Crippen LogP contribution in [0.15, 0.2) is 54.6 Å². The SMILES string of the molecule is CCCC#CC(=O)N1CCC(C2CCNc3c(C(N)=O)c(-c4ccc(Oc5ccccc5)cc4)nn32)CC1. The molecule has 1 atom stereocenters. The number of aromatic nitrogens is 2. The Balaban J connectivity index is 1.35. The van der Waals surface area contributed by atoms with Crippen molar-refractivity contribution in [3.63, 3.8) is 0 Å². The molecule has 8 heteroatoms. The van der Waals surface area contributed by atoms with Crippen LogP contribution < -0.4 is 15.8 Å². The van der Waals surface area contributed by atoms with Crippen molar-refractivity contribution in [3.05, 3.63) is 60.2 Å². The molecule has 196 valence electrons. The van der Waals surface area contributed by atoms with E-state index >= 15 is 0 Å². The molecular formula is C30H33N5O3. The zero-order chi connectivity index (χ0) is 26.5. The number of primary amides is 1. The summed E-state index contributed by atoms with van der Waals surface area (Å²) in [5.74, 6) is 7.61. The van der Waals surface area contributed by atoms with Gasteiger partial charge in [0.2, 0.25) is 0 Å². The molecule has 8 nitrogen and oxygen atoms in total. The Kier molecular flexibility index (Phi) is 7.64. The van der Waals surface area contributed by atoms with Gasteiger partial charge >= 0.3 is 0 Å². The lowest BCUT2D eigenvalue weighted by atomic mass is 9.87. The molecule has 3 N–H and O–H groups in total. The van der Waals surface area contributed by atoms with Crippen LogP contribution in [-0.2, 0) is 4.79 Å². The first-order valence-corrected chi connectivity index (χ1v) is 13.3. The maximum Gasteiger partial charge on any atom is 0.298 e. The average molecular weight is 512 g/mol. The van der Waals surface area contributed by atoms with Crippen molar-refractivity contribution in [1.29, 1.82) is 0 Å². The van der Waals surface area contributed by atoms with Gasteiger partial charge < -0.3 is 20.7 Å². The molecule has 1 unspecified atom stereocenters. The molecule has 2 aliphatic heterocycles. The Bertz CT molecular complexity index is 1350. The van der Waals surface area contributed by atoms with Crippen molar-refractivity contribution in [3.8, 4) is 34.6 Å². The summed E-state index contributed by atoms with van der Waals surface area (Å²) in [5.41, 5.74) is 7.64. The van der Waals surface area contributed by atoms with Crippen LogP contribution >= 0.6 is 0 Å².